The van der Waals surface area contributed by atoms with Gasteiger partial charge in [0.05, 0.1) is 17.2 Å². The Bertz CT molecular complexity index is 851. The van der Waals surface area contributed by atoms with Gasteiger partial charge in [0.1, 0.15) is 5.82 Å². The third kappa shape index (κ3) is 5.23. The van der Waals surface area contributed by atoms with Crippen LogP contribution in [0, 0.1) is 5.92 Å². The number of aromatic nitrogens is 1. The van der Waals surface area contributed by atoms with Gasteiger partial charge in [-0.1, -0.05) is 36.9 Å². The number of carbonyl (C=O) groups is 2. The second kappa shape index (κ2) is 9.55. The van der Waals surface area contributed by atoms with E-state index < -0.39 is 5.97 Å². The normalized spacial score (nSPS) is 14.4. The number of ether oxygens (including phenoxy) is 1. The summed E-state index contributed by atoms with van der Waals surface area (Å²) in [5.74, 6) is 0.130. The molecule has 1 aromatic heterocycles. The van der Waals surface area contributed by atoms with Crippen LogP contribution in [-0.2, 0) is 9.53 Å². The Labute approximate surface area is 169 Å². The molecule has 1 amide bonds. The number of benzene rings is 1. The molecule has 1 fully saturated rings. The smallest absolute Gasteiger partial charge is 0.339 e. The van der Waals surface area contributed by atoms with Crippen LogP contribution >= 0.6 is 11.6 Å². The highest BCUT2D eigenvalue weighted by Gasteiger charge is 2.21. The first kappa shape index (κ1) is 20.1. The summed E-state index contributed by atoms with van der Waals surface area (Å²) in [6.07, 6.45) is 6.77. The van der Waals surface area contributed by atoms with Gasteiger partial charge in [-0.3, -0.25) is 4.79 Å². The van der Waals surface area contributed by atoms with Crippen LogP contribution in [0.2, 0.25) is 5.02 Å². The molecule has 7 heteroatoms. The van der Waals surface area contributed by atoms with Crippen molar-refractivity contribution in [2.45, 2.75) is 39.0 Å². The lowest BCUT2D eigenvalue weighted by molar-refractivity contribution is -0.120. The monoisotopic (exact) mass is 401 g/mol. The summed E-state index contributed by atoms with van der Waals surface area (Å²) >= 11 is 6.25. The molecule has 0 bridgehead atoms. The van der Waals surface area contributed by atoms with Gasteiger partial charge >= 0.3 is 5.97 Å². The molecule has 0 aliphatic heterocycles. The summed E-state index contributed by atoms with van der Waals surface area (Å²) in [6, 6.07) is 8.90. The standard InChI is InChI=1S/C21H24ClN3O3/c1-2-28-21(27)15-11-18(22)19(23-13-15)24-16-9-6-10-17(12-16)25-20(26)14-7-4-3-5-8-14/h6,9-14H,2-5,7-8H2,1H3,(H,23,24)(H,25,26). The van der Waals surface area contributed by atoms with E-state index in [1.807, 2.05) is 24.3 Å². The van der Waals surface area contributed by atoms with Crippen molar-refractivity contribution in [3.63, 3.8) is 0 Å². The molecule has 1 aromatic carbocycles. The van der Waals surface area contributed by atoms with E-state index in [1.54, 1.807) is 6.92 Å². The average Bonchev–Trinajstić information content (AvgIpc) is 2.70. The predicted molar refractivity (Wildman–Crippen MR) is 110 cm³/mol. The zero-order valence-corrected chi connectivity index (χ0v) is 16.6. The molecule has 148 valence electrons. The number of esters is 1. The summed E-state index contributed by atoms with van der Waals surface area (Å²) in [7, 11) is 0. The van der Waals surface area contributed by atoms with E-state index >= 15 is 0 Å². The first-order valence-corrected chi connectivity index (χ1v) is 9.95. The zero-order valence-electron chi connectivity index (χ0n) is 15.8. The van der Waals surface area contributed by atoms with Crippen LogP contribution < -0.4 is 10.6 Å². The average molecular weight is 402 g/mol. The summed E-state index contributed by atoms with van der Waals surface area (Å²) in [5, 5.41) is 6.42. The van der Waals surface area contributed by atoms with Crippen molar-refractivity contribution in [1.82, 2.24) is 4.98 Å². The van der Waals surface area contributed by atoms with Crippen molar-refractivity contribution in [3.8, 4) is 0 Å². The largest absolute Gasteiger partial charge is 0.462 e. The molecule has 0 spiro atoms. The van der Waals surface area contributed by atoms with Crippen LogP contribution in [0.1, 0.15) is 49.4 Å². The van der Waals surface area contributed by atoms with Gasteiger partial charge in [0.25, 0.3) is 0 Å². The van der Waals surface area contributed by atoms with E-state index in [9.17, 15) is 9.59 Å². The second-order valence-corrected chi connectivity index (χ2v) is 7.21. The molecule has 0 unspecified atom stereocenters. The molecule has 2 N–H and O–H groups in total. The van der Waals surface area contributed by atoms with Crippen molar-refractivity contribution in [1.29, 1.82) is 0 Å². The van der Waals surface area contributed by atoms with Crippen molar-refractivity contribution in [3.05, 3.63) is 47.1 Å². The molecule has 1 aliphatic rings. The SMILES string of the molecule is CCOC(=O)c1cnc(Nc2cccc(NC(=O)C3CCCCC3)c2)c(Cl)c1. The summed E-state index contributed by atoms with van der Waals surface area (Å²) < 4.78 is 4.95. The topological polar surface area (TPSA) is 80.3 Å². The van der Waals surface area contributed by atoms with E-state index in [0.29, 0.717) is 16.4 Å². The van der Waals surface area contributed by atoms with Gasteiger partial charge < -0.3 is 15.4 Å². The number of anilines is 3. The lowest BCUT2D eigenvalue weighted by Crippen LogP contribution is -2.24. The molecule has 3 rings (SSSR count). The van der Waals surface area contributed by atoms with Crippen LogP contribution in [0.3, 0.4) is 0 Å². The maximum Gasteiger partial charge on any atom is 0.339 e. The number of carbonyl (C=O) groups excluding carboxylic acids is 2. The molecular weight excluding hydrogens is 378 g/mol. The third-order valence-electron chi connectivity index (χ3n) is 4.72. The highest BCUT2D eigenvalue weighted by atomic mass is 35.5. The first-order chi connectivity index (χ1) is 13.6. The van der Waals surface area contributed by atoms with Crippen molar-refractivity contribution in [2.24, 2.45) is 5.92 Å². The molecular formula is C21H24ClN3O3. The van der Waals surface area contributed by atoms with Gasteiger partial charge in [0.15, 0.2) is 0 Å². The maximum atomic E-state index is 12.4. The molecule has 1 aliphatic carbocycles. The zero-order chi connectivity index (χ0) is 19.9. The number of halogens is 1. The fourth-order valence-electron chi connectivity index (χ4n) is 3.28. The molecule has 2 aromatic rings. The minimum absolute atomic E-state index is 0.0757. The Morgan fingerprint density at radius 3 is 2.64 bits per heavy atom. The van der Waals surface area contributed by atoms with Crippen LogP contribution in [0.15, 0.2) is 36.5 Å². The van der Waals surface area contributed by atoms with E-state index in [-0.39, 0.29) is 18.4 Å². The lowest BCUT2D eigenvalue weighted by atomic mass is 9.88. The summed E-state index contributed by atoms with van der Waals surface area (Å²) in [4.78, 5) is 28.4. The summed E-state index contributed by atoms with van der Waals surface area (Å²) in [5.41, 5.74) is 1.76. The Kier molecular flexibility index (Phi) is 6.87. The maximum absolute atomic E-state index is 12.4. The quantitative estimate of drug-likeness (QED) is 0.652. The molecule has 6 nitrogen and oxygen atoms in total. The van der Waals surface area contributed by atoms with Crippen LogP contribution in [-0.4, -0.2) is 23.5 Å². The van der Waals surface area contributed by atoms with Gasteiger partial charge in [-0.25, -0.2) is 9.78 Å². The molecule has 0 radical (unpaired) electrons. The van der Waals surface area contributed by atoms with Gasteiger partial charge in [0.2, 0.25) is 5.91 Å². The van der Waals surface area contributed by atoms with E-state index in [0.717, 1.165) is 37.1 Å². The third-order valence-corrected chi connectivity index (χ3v) is 5.01. The van der Waals surface area contributed by atoms with Gasteiger partial charge in [0, 0.05) is 23.5 Å². The number of pyridine rings is 1. The Balaban J connectivity index is 1.67. The highest BCUT2D eigenvalue weighted by molar-refractivity contribution is 6.33. The van der Waals surface area contributed by atoms with Crippen molar-refractivity contribution in [2.75, 3.05) is 17.2 Å². The van der Waals surface area contributed by atoms with Crippen LogP contribution in [0.4, 0.5) is 17.2 Å². The van der Waals surface area contributed by atoms with Crippen LogP contribution in [0.25, 0.3) is 0 Å². The fourth-order valence-corrected chi connectivity index (χ4v) is 3.49. The van der Waals surface area contributed by atoms with Crippen LogP contribution in [0.5, 0.6) is 0 Å². The molecule has 1 heterocycles. The van der Waals surface area contributed by atoms with Gasteiger partial charge in [-0.2, -0.15) is 0 Å². The predicted octanol–water partition coefficient (Wildman–Crippen LogP) is 5.17. The highest BCUT2D eigenvalue weighted by Crippen LogP contribution is 2.27. The molecule has 0 saturated heterocycles. The minimum atomic E-state index is -0.462. The number of amides is 1. The van der Waals surface area contributed by atoms with E-state index in [4.69, 9.17) is 16.3 Å². The Morgan fingerprint density at radius 1 is 1.18 bits per heavy atom. The number of nitrogens with zero attached hydrogens (tertiary/aromatic N) is 1. The minimum Gasteiger partial charge on any atom is -0.462 e. The van der Waals surface area contributed by atoms with Gasteiger partial charge in [-0.05, 0) is 44.0 Å². The molecule has 28 heavy (non-hydrogen) atoms. The fraction of sp³-hybridized carbons (Fsp3) is 0.381. The molecule has 0 atom stereocenters. The Morgan fingerprint density at radius 2 is 1.93 bits per heavy atom. The lowest BCUT2D eigenvalue weighted by Gasteiger charge is -2.21. The van der Waals surface area contributed by atoms with Gasteiger partial charge in [-0.15, -0.1) is 0 Å². The number of rotatable bonds is 6. The van der Waals surface area contributed by atoms with Crippen molar-refractivity contribution < 1.29 is 14.3 Å². The second-order valence-electron chi connectivity index (χ2n) is 6.80. The van der Waals surface area contributed by atoms with E-state index in [2.05, 4.69) is 15.6 Å². The summed E-state index contributed by atoms with van der Waals surface area (Å²) in [6.45, 7) is 2.03. The Hall–Kier alpha value is -2.60. The first-order valence-electron chi connectivity index (χ1n) is 9.57. The number of hydrogen-bond donors (Lipinski definition) is 2. The van der Waals surface area contributed by atoms with Crippen molar-refractivity contribution >= 4 is 40.7 Å². The number of hydrogen-bond acceptors (Lipinski definition) is 5. The van der Waals surface area contributed by atoms with E-state index in [1.165, 1.54) is 18.7 Å². The number of nitrogens with one attached hydrogen (secondary N) is 2. The molecule has 1 saturated carbocycles.